The van der Waals surface area contributed by atoms with E-state index in [9.17, 15) is 4.79 Å². The summed E-state index contributed by atoms with van der Waals surface area (Å²) >= 11 is 0. The van der Waals surface area contributed by atoms with Crippen molar-refractivity contribution < 1.29 is 14.3 Å². The highest BCUT2D eigenvalue weighted by atomic mass is 16.5. The maximum atomic E-state index is 11.3. The maximum Gasteiger partial charge on any atom is 0.150 e. The lowest BCUT2D eigenvalue weighted by atomic mass is 9.62. The molecular weight excluding hydrogens is 276 g/mol. The summed E-state index contributed by atoms with van der Waals surface area (Å²) in [4.78, 5) is 11.3. The first-order chi connectivity index (χ1) is 10.3. The Hall–Kier alpha value is -1.35. The molecule has 1 aliphatic rings. The molecule has 3 nitrogen and oxygen atoms in total. The zero-order chi connectivity index (χ0) is 16.4. The highest BCUT2D eigenvalue weighted by Gasteiger charge is 2.39. The van der Waals surface area contributed by atoms with Crippen molar-refractivity contribution in [1.29, 1.82) is 0 Å². The molecule has 0 aliphatic heterocycles. The molecule has 0 aromatic heterocycles. The van der Waals surface area contributed by atoms with Crippen LogP contribution in [0.25, 0.3) is 0 Å². The molecule has 0 bridgehead atoms. The van der Waals surface area contributed by atoms with Gasteiger partial charge in [0.05, 0.1) is 6.61 Å². The highest BCUT2D eigenvalue weighted by Crippen LogP contribution is 2.49. The summed E-state index contributed by atoms with van der Waals surface area (Å²) in [5.41, 5.74) is 3.33. The number of carbonyl (C=O) groups excluding carboxylic acids is 1. The summed E-state index contributed by atoms with van der Waals surface area (Å²) in [5, 5.41) is 0. The van der Waals surface area contributed by atoms with E-state index in [4.69, 9.17) is 9.47 Å². The molecule has 0 N–H and O–H groups in total. The number of ether oxygens (including phenoxy) is 2. The van der Waals surface area contributed by atoms with Crippen LogP contribution in [0, 0.1) is 0 Å². The second-order valence-electron chi connectivity index (χ2n) is 7.37. The lowest BCUT2D eigenvalue weighted by Gasteiger charge is -2.42. The summed E-state index contributed by atoms with van der Waals surface area (Å²) in [5.74, 6) is 0.845. The van der Waals surface area contributed by atoms with Crippen molar-refractivity contribution in [3.05, 3.63) is 28.8 Å². The van der Waals surface area contributed by atoms with E-state index in [2.05, 4.69) is 27.7 Å². The highest BCUT2D eigenvalue weighted by molar-refractivity contribution is 5.77. The van der Waals surface area contributed by atoms with Crippen molar-refractivity contribution >= 4 is 6.29 Å². The third-order valence-electron chi connectivity index (χ3n) is 4.73. The first kappa shape index (κ1) is 17.0. The van der Waals surface area contributed by atoms with Crippen molar-refractivity contribution in [3.8, 4) is 5.75 Å². The topological polar surface area (TPSA) is 35.5 Å². The molecule has 122 valence electrons. The monoisotopic (exact) mass is 304 g/mol. The number of benzene rings is 1. The Kier molecular flexibility index (Phi) is 4.96. The van der Waals surface area contributed by atoms with Crippen molar-refractivity contribution in [3.63, 3.8) is 0 Å². The predicted octanol–water partition coefficient (Wildman–Crippen LogP) is 4.26. The van der Waals surface area contributed by atoms with Gasteiger partial charge in [-0.05, 0) is 48.3 Å². The Morgan fingerprint density at radius 2 is 1.77 bits per heavy atom. The van der Waals surface area contributed by atoms with Crippen LogP contribution in [-0.4, -0.2) is 26.1 Å². The second kappa shape index (κ2) is 6.41. The van der Waals surface area contributed by atoms with E-state index in [-0.39, 0.29) is 10.8 Å². The Balaban J connectivity index is 2.45. The van der Waals surface area contributed by atoms with Gasteiger partial charge < -0.3 is 9.47 Å². The Morgan fingerprint density at radius 1 is 1.09 bits per heavy atom. The zero-order valence-corrected chi connectivity index (χ0v) is 14.5. The molecule has 0 radical (unpaired) electrons. The Morgan fingerprint density at radius 3 is 2.41 bits per heavy atom. The molecule has 0 fully saturated rings. The number of rotatable bonds is 6. The lowest BCUT2D eigenvalue weighted by molar-refractivity contribution is 0.108. The lowest BCUT2D eigenvalue weighted by Crippen LogP contribution is -2.34. The summed E-state index contributed by atoms with van der Waals surface area (Å²) < 4.78 is 11.3. The van der Waals surface area contributed by atoms with E-state index in [0.29, 0.717) is 25.4 Å². The van der Waals surface area contributed by atoms with Crippen molar-refractivity contribution in [1.82, 2.24) is 0 Å². The SMILES string of the molecule is CCOCCOc1cc(C=O)cc2c1C(C)(C)CCC2(C)C. The standard InChI is InChI=1S/C19H28O3/c1-6-21-9-10-22-16-12-14(13-20)11-15-17(16)19(4,5)8-7-18(15,2)3/h11-13H,6-10H2,1-5H3. The maximum absolute atomic E-state index is 11.3. The van der Waals surface area contributed by atoms with Crippen LogP contribution in [-0.2, 0) is 15.6 Å². The summed E-state index contributed by atoms with van der Waals surface area (Å²) in [6.45, 7) is 12.8. The summed E-state index contributed by atoms with van der Waals surface area (Å²) in [7, 11) is 0. The van der Waals surface area contributed by atoms with Crippen LogP contribution in [0.1, 0.15) is 68.9 Å². The molecule has 0 saturated heterocycles. The van der Waals surface area contributed by atoms with Crippen LogP contribution in [0.3, 0.4) is 0 Å². The fourth-order valence-corrected chi connectivity index (χ4v) is 3.29. The van der Waals surface area contributed by atoms with Crippen molar-refractivity contribution in [2.75, 3.05) is 19.8 Å². The van der Waals surface area contributed by atoms with Gasteiger partial charge in [-0.2, -0.15) is 0 Å². The fourth-order valence-electron chi connectivity index (χ4n) is 3.29. The Bertz CT molecular complexity index is 544. The number of hydrogen-bond donors (Lipinski definition) is 0. The molecule has 1 aliphatic carbocycles. The van der Waals surface area contributed by atoms with Crippen LogP contribution in [0.15, 0.2) is 12.1 Å². The van der Waals surface area contributed by atoms with Gasteiger partial charge in [-0.25, -0.2) is 0 Å². The molecule has 22 heavy (non-hydrogen) atoms. The third-order valence-corrected chi connectivity index (χ3v) is 4.73. The van der Waals surface area contributed by atoms with Crippen LogP contribution in [0.4, 0.5) is 0 Å². The van der Waals surface area contributed by atoms with Crippen molar-refractivity contribution in [2.24, 2.45) is 0 Å². The number of carbonyl (C=O) groups is 1. The van der Waals surface area contributed by atoms with Gasteiger partial charge in [-0.15, -0.1) is 0 Å². The third kappa shape index (κ3) is 3.35. The average molecular weight is 304 g/mol. The fraction of sp³-hybridized carbons (Fsp3) is 0.632. The van der Waals surface area contributed by atoms with E-state index in [1.54, 1.807) is 0 Å². The molecule has 0 amide bonds. The predicted molar refractivity (Wildman–Crippen MR) is 89.1 cm³/mol. The quantitative estimate of drug-likeness (QED) is 0.582. The van der Waals surface area contributed by atoms with Gasteiger partial charge in [-0.1, -0.05) is 27.7 Å². The van der Waals surface area contributed by atoms with Crippen LogP contribution in [0.5, 0.6) is 5.75 Å². The van der Waals surface area contributed by atoms with Gasteiger partial charge in [0, 0.05) is 17.7 Å². The minimum absolute atomic E-state index is 0.0627. The molecule has 0 atom stereocenters. The minimum Gasteiger partial charge on any atom is -0.491 e. The molecule has 2 rings (SSSR count). The van der Waals surface area contributed by atoms with Crippen molar-refractivity contribution in [2.45, 2.75) is 58.3 Å². The first-order valence-electron chi connectivity index (χ1n) is 8.16. The van der Waals surface area contributed by atoms with E-state index in [1.165, 1.54) is 11.1 Å². The van der Waals surface area contributed by atoms with E-state index in [0.717, 1.165) is 24.9 Å². The molecule has 1 aromatic rings. The number of hydrogen-bond acceptors (Lipinski definition) is 3. The van der Waals surface area contributed by atoms with E-state index < -0.39 is 0 Å². The molecular formula is C19H28O3. The van der Waals surface area contributed by atoms with Crippen LogP contribution >= 0.6 is 0 Å². The van der Waals surface area contributed by atoms with E-state index >= 15 is 0 Å². The van der Waals surface area contributed by atoms with Gasteiger partial charge in [0.25, 0.3) is 0 Å². The molecule has 0 heterocycles. The molecule has 0 saturated carbocycles. The zero-order valence-electron chi connectivity index (χ0n) is 14.5. The average Bonchev–Trinajstić information content (AvgIpc) is 2.47. The van der Waals surface area contributed by atoms with Gasteiger partial charge >= 0.3 is 0 Å². The normalized spacial score (nSPS) is 18.6. The van der Waals surface area contributed by atoms with Crippen LogP contribution in [0.2, 0.25) is 0 Å². The van der Waals surface area contributed by atoms with Crippen LogP contribution < -0.4 is 4.74 Å². The molecule has 0 unspecified atom stereocenters. The number of fused-ring (bicyclic) bond motifs is 1. The number of aldehydes is 1. The van der Waals surface area contributed by atoms with Gasteiger partial charge in [0.1, 0.15) is 18.6 Å². The smallest absolute Gasteiger partial charge is 0.150 e. The van der Waals surface area contributed by atoms with Gasteiger partial charge in [0.15, 0.2) is 0 Å². The molecule has 0 spiro atoms. The van der Waals surface area contributed by atoms with E-state index in [1.807, 2.05) is 19.1 Å². The summed E-state index contributed by atoms with van der Waals surface area (Å²) in [6.07, 6.45) is 3.15. The summed E-state index contributed by atoms with van der Waals surface area (Å²) in [6, 6.07) is 3.92. The minimum atomic E-state index is 0.0627. The second-order valence-corrected chi connectivity index (χ2v) is 7.37. The molecule has 1 aromatic carbocycles. The first-order valence-corrected chi connectivity index (χ1v) is 8.16. The van der Waals surface area contributed by atoms with Gasteiger partial charge in [-0.3, -0.25) is 4.79 Å². The molecule has 3 heteroatoms. The Labute approximate surface area is 134 Å². The van der Waals surface area contributed by atoms with Gasteiger partial charge in [0.2, 0.25) is 0 Å². The largest absolute Gasteiger partial charge is 0.491 e.